The lowest BCUT2D eigenvalue weighted by molar-refractivity contribution is -0.121. The van der Waals surface area contributed by atoms with Gasteiger partial charge in [0.25, 0.3) is 0 Å². The molecule has 0 spiro atoms. The number of hydrogen-bond acceptors (Lipinski definition) is 4. The van der Waals surface area contributed by atoms with Crippen LogP contribution < -0.4 is 16.0 Å². The lowest BCUT2D eigenvalue weighted by Gasteiger charge is -2.21. The third-order valence-electron chi connectivity index (χ3n) is 3.31. The number of guanidine groups is 1. The van der Waals surface area contributed by atoms with Crippen LogP contribution in [-0.2, 0) is 20.4 Å². The van der Waals surface area contributed by atoms with E-state index >= 15 is 0 Å². The van der Waals surface area contributed by atoms with Gasteiger partial charge in [0, 0.05) is 19.1 Å². The molecule has 0 aromatic heterocycles. The maximum Gasteiger partial charge on any atom is 0.239 e. The molecular weight excluding hydrogens is 352 g/mol. The smallest absolute Gasteiger partial charge is 0.239 e. The summed E-state index contributed by atoms with van der Waals surface area (Å²) in [5, 5.41) is 8.77. The molecule has 0 aliphatic heterocycles. The van der Waals surface area contributed by atoms with Crippen molar-refractivity contribution in [1.29, 1.82) is 0 Å². The lowest BCUT2D eigenvalue weighted by atomic mass is 10.1. The molecule has 0 aliphatic carbocycles. The van der Waals surface area contributed by atoms with E-state index in [2.05, 4.69) is 20.9 Å². The second-order valence-corrected chi connectivity index (χ2v) is 9.27. The quantitative estimate of drug-likeness (QED) is 0.355. The Labute approximate surface area is 156 Å². The van der Waals surface area contributed by atoms with E-state index in [1.165, 1.54) is 0 Å². The zero-order valence-corrected chi connectivity index (χ0v) is 16.8. The molecule has 0 atom stereocenters. The van der Waals surface area contributed by atoms with Gasteiger partial charge in [-0.25, -0.2) is 8.42 Å². The number of nitrogens with zero attached hydrogens (tertiary/aromatic N) is 1. The van der Waals surface area contributed by atoms with Gasteiger partial charge in [0.15, 0.2) is 15.8 Å². The summed E-state index contributed by atoms with van der Waals surface area (Å²) in [7, 11) is -1.55. The molecule has 1 aromatic carbocycles. The third-order valence-corrected chi connectivity index (χ3v) is 4.99. The molecule has 0 unspecified atom stereocenters. The Morgan fingerprint density at radius 2 is 1.77 bits per heavy atom. The van der Waals surface area contributed by atoms with Gasteiger partial charge in [0.05, 0.1) is 18.1 Å². The predicted octanol–water partition coefficient (Wildman–Crippen LogP) is 1.07. The van der Waals surface area contributed by atoms with E-state index < -0.39 is 9.84 Å². The third kappa shape index (κ3) is 10.0. The van der Waals surface area contributed by atoms with Crippen LogP contribution in [0, 0.1) is 0 Å². The molecule has 7 nitrogen and oxygen atoms in total. The molecule has 1 amide bonds. The highest BCUT2D eigenvalue weighted by molar-refractivity contribution is 7.90. The summed E-state index contributed by atoms with van der Waals surface area (Å²) in [6.07, 6.45) is 0.462. The van der Waals surface area contributed by atoms with Crippen molar-refractivity contribution in [3.63, 3.8) is 0 Å². The zero-order valence-electron chi connectivity index (χ0n) is 16.0. The van der Waals surface area contributed by atoms with Gasteiger partial charge in [0.1, 0.15) is 0 Å². The normalized spacial score (nSPS) is 12.5. The summed E-state index contributed by atoms with van der Waals surface area (Å²) in [6.45, 7) is 6.29. The van der Waals surface area contributed by atoms with Crippen LogP contribution in [0.4, 0.5) is 0 Å². The second-order valence-electron chi connectivity index (χ2n) is 7.08. The van der Waals surface area contributed by atoms with Gasteiger partial charge in [0.2, 0.25) is 5.91 Å². The maximum absolute atomic E-state index is 12.1. The number of rotatable bonds is 8. The minimum absolute atomic E-state index is 0.0494. The molecule has 1 aromatic rings. The molecular formula is C18H30N4O3S. The molecule has 3 N–H and O–H groups in total. The van der Waals surface area contributed by atoms with E-state index in [0.29, 0.717) is 18.9 Å². The Morgan fingerprint density at radius 1 is 1.12 bits per heavy atom. The highest BCUT2D eigenvalue weighted by atomic mass is 32.2. The number of benzene rings is 1. The molecule has 0 bridgehead atoms. The monoisotopic (exact) mass is 382 g/mol. The van der Waals surface area contributed by atoms with E-state index in [1.54, 1.807) is 7.05 Å². The number of carbonyl (C=O) groups is 1. The molecule has 0 fully saturated rings. The molecule has 0 saturated heterocycles. The predicted molar refractivity (Wildman–Crippen MR) is 106 cm³/mol. The SMILES string of the molecule is CN=C(NCCCS(=O)(=O)Cc1ccccc1)NCC(=O)NC(C)(C)C. The Kier molecular flexibility index (Phi) is 8.57. The Hall–Kier alpha value is -2.09. The van der Waals surface area contributed by atoms with Crippen molar-refractivity contribution in [3.05, 3.63) is 35.9 Å². The highest BCUT2D eigenvalue weighted by Crippen LogP contribution is 2.06. The van der Waals surface area contributed by atoms with Crippen LogP contribution in [0.25, 0.3) is 0 Å². The van der Waals surface area contributed by atoms with Crippen molar-refractivity contribution in [2.24, 2.45) is 4.99 Å². The molecule has 26 heavy (non-hydrogen) atoms. The average Bonchev–Trinajstić information content (AvgIpc) is 2.53. The summed E-state index contributed by atoms with van der Waals surface area (Å²) in [5.41, 5.74) is 0.505. The molecule has 1 rings (SSSR count). The van der Waals surface area contributed by atoms with Gasteiger partial charge in [-0.2, -0.15) is 0 Å². The summed E-state index contributed by atoms with van der Waals surface area (Å²) >= 11 is 0. The number of sulfone groups is 1. The number of carbonyl (C=O) groups excluding carboxylic acids is 1. The van der Waals surface area contributed by atoms with E-state index in [0.717, 1.165) is 5.56 Å². The first-order valence-electron chi connectivity index (χ1n) is 8.61. The number of aliphatic imine (C=N–C) groups is 1. The van der Waals surface area contributed by atoms with E-state index in [-0.39, 0.29) is 29.5 Å². The molecule has 0 radical (unpaired) electrons. The average molecular weight is 383 g/mol. The summed E-state index contributed by atoms with van der Waals surface area (Å²) in [6, 6.07) is 9.14. The minimum Gasteiger partial charge on any atom is -0.356 e. The van der Waals surface area contributed by atoms with Crippen LogP contribution >= 0.6 is 0 Å². The van der Waals surface area contributed by atoms with Crippen molar-refractivity contribution >= 4 is 21.7 Å². The number of amides is 1. The van der Waals surface area contributed by atoms with Crippen molar-refractivity contribution in [2.45, 2.75) is 38.5 Å². The molecule has 0 heterocycles. The van der Waals surface area contributed by atoms with Gasteiger partial charge >= 0.3 is 0 Å². The van der Waals surface area contributed by atoms with E-state index in [9.17, 15) is 13.2 Å². The lowest BCUT2D eigenvalue weighted by Crippen LogP contribution is -2.48. The van der Waals surface area contributed by atoms with Gasteiger partial charge in [-0.05, 0) is 32.8 Å². The number of hydrogen-bond donors (Lipinski definition) is 3. The van der Waals surface area contributed by atoms with Crippen LogP contribution in [-0.4, -0.2) is 51.7 Å². The Balaban J connectivity index is 2.31. The largest absolute Gasteiger partial charge is 0.356 e. The summed E-state index contributed by atoms with van der Waals surface area (Å²) < 4.78 is 24.3. The topological polar surface area (TPSA) is 99.7 Å². The maximum atomic E-state index is 12.1. The van der Waals surface area contributed by atoms with Crippen LogP contribution in [0.15, 0.2) is 35.3 Å². The van der Waals surface area contributed by atoms with Gasteiger partial charge in [-0.1, -0.05) is 30.3 Å². The fourth-order valence-corrected chi connectivity index (χ4v) is 3.68. The standard InChI is InChI=1S/C18H30N4O3S/c1-18(2,3)22-16(23)13-21-17(19-4)20-11-8-12-26(24,25)14-15-9-6-5-7-10-15/h5-7,9-10H,8,11-14H2,1-4H3,(H,22,23)(H2,19,20,21). The molecule has 146 valence electrons. The summed E-state index contributed by atoms with van der Waals surface area (Å²) in [4.78, 5) is 15.8. The van der Waals surface area contributed by atoms with E-state index in [4.69, 9.17) is 0 Å². The van der Waals surface area contributed by atoms with E-state index in [1.807, 2.05) is 51.1 Å². The van der Waals surface area contributed by atoms with Gasteiger partial charge in [-0.15, -0.1) is 0 Å². The molecule has 0 saturated carbocycles. The number of nitrogens with one attached hydrogen (secondary N) is 3. The van der Waals surface area contributed by atoms with Crippen molar-refractivity contribution in [2.75, 3.05) is 25.9 Å². The van der Waals surface area contributed by atoms with Crippen LogP contribution in [0.5, 0.6) is 0 Å². The van der Waals surface area contributed by atoms with Crippen LogP contribution in [0.3, 0.4) is 0 Å². The fourth-order valence-electron chi connectivity index (χ4n) is 2.25. The van der Waals surface area contributed by atoms with Crippen molar-refractivity contribution in [3.8, 4) is 0 Å². The summed E-state index contributed by atoms with van der Waals surface area (Å²) in [5.74, 6) is 0.477. The van der Waals surface area contributed by atoms with Gasteiger partial charge in [-0.3, -0.25) is 9.79 Å². The molecule has 8 heteroatoms. The first kappa shape index (κ1) is 22.0. The fraction of sp³-hybridized carbons (Fsp3) is 0.556. The Bertz CT molecular complexity index is 695. The Morgan fingerprint density at radius 3 is 2.35 bits per heavy atom. The zero-order chi connectivity index (χ0) is 19.6. The first-order valence-corrected chi connectivity index (χ1v) is 10.4. The molecule has 0 aliphatic rings. The van der Waals surface area contributed by atoms with Gasteiger partial charge < -0.3 is 16.0 Å². The first-order chi connectivity index (χ1) is 12.1. The van der Waals surface area contributed by atoms with Crippen molar-refractivity contribution in [1.82, 2.24) is 16.0 Å². The van der Waals surface area contributed by atoms with Crippen LogP contribution in [0.2, 0.25) is 0 Å². The second kappa shape index (κ2) is 10.2. The highest BCUT2D eigenvalue weighted by Gasteiger charge is 2.14. The van der Waals surface area contributed by atoms with Crippen LogP contribution in [0.1, 0.15) is 32.8 Å². The minimum atomic E-state index is -3.15. The van der Waals surface area contributed by atoms with Crippen molar-refractivity contribution < 1.29 is 13.2 Å².